The Balaban J connectivity index is 1.55. The first-order valence-corrected chi connectivity index (χ1v) is 13.0. The predicted molar refractivity (Wildman–Crippen MR) is 142 cm³/mol. The van der Waals surface area contributed by atoms with Crippen LogP contribution in [0.2, 0.25) is 5.15 Å². The van der Waals surface area contributed by atoms with E-state index in [2.05, 4.69) is 29.7 Å². The summed E-state index contributed by atoms with van der Waals surface area (Å²) in [6.45, 7) is 6.64. The van der Waals surface area contributed by atoms with Crippen molar-refractivity contribution in [2.75, 3.05) is 25.4 Å². The summed E-state index contributed by atoms with van der Waals surface area (Å²) >= 11 is 5.89. The van der Waals surface area contributed by atoms with E-state index in [1.54, 1.807) is 0 Å². The topological polar surface area (TPSA) is 165 Å². The quantitative estimate of drug-likeness (QED) is 0.302. The molecule has 1 saturated heterocycles. The lowest BCUT2D eigenvalue weighted by Crippen LogP contribution is -2.47. The number of rotatable bonds is 8. The SMILES string of the molecule is CCn1c(CNC(=O)c2nc(Cl)cnc2N)[n+](CC)c2ccc(C(=O)N3CCC(NC(=O)CN)CC3)cc21. The molecule has 4 rings (SSSR count). The van der Waals surface area contributed by atoms with Crippen LogP contribution in [0.4, 0.5) is 5.82 Å². The summed E-state index contributed by atoms with van der Waals surface area (Å²) in [5.41, 5.74) is 13.6. The molecule has 1 fully saturated rings. The molecule has 1 aromatic carbocycles. The first-order chi connectivity index (χ1) is 18.3. The number of nitrogens with two attached hydrogens (primary N) is 2. The van der Waals surface area contributed by atoms with E-state index in [1.165, 1.54) is 6.20 Å². The third-order valence-corrected chi connectivity index (χ3v) is 6.97. The molecular weight excluding hydrogens is 510 g/mol. The van der Waals surface area contributed by atoms with Gasteiger partial charge in [-0.2, -0.15) is 0 Å². The van der Waals surface area contributed by atoms with Crippen molar-refractivity contribution in [2.24, 2.45) is 5.73 Å². The minimum atomic E-state index is -0.477. The van der Waals surface area contributed by atoms with Crippen molar-refractivity contribution in [3.05, 3.63) is 46.6 Å². The van der Waals surface area contributed by atoms with E-state index < -0.39 is 5.91 Å². The minimum Gasteiger partial charge on any atom is -0.382 e. The Kier molecular flexibility index (Phi) is 8.42. The van der Waals surface area contributed by atoms with Crippen molar-refractivity contribution < 1.29 is 19.0 Å². The van der Waals surface area contributed by atoms with Crippen LogP contribution >= 0.6 is 11.6 Å². The second kappa shape index (κ2) is 11.7. The van der Waals surface area contributed by atoms with Crippen molar-refractivity contribution in [2.45, 2.75) is 52.4 Å². The van der Waals surface area contributed by atoms with E-state index in [-0.39, 0.29) is 47.6 Å². The van der Waals surface area contributed by atoms with Gasteiger partial charge in [0.2, 0.25) is 5.91 Å². The van der Waals surface area contributed by atoms with Gasteiger partial charge in [0.25, 0.3) is 17.6 Å². The predicted octanol–water partition coefficient (Wildman–Crippen LogP) is 0.604. The van der Waals surface area contributed by atoms with Gasteiger partial charge in [-0.1, -0.05) is 11.6 Å². The summed E-state index contributed by atoms with van der Waals surface area (Å²) in [7, 11) is 0. The average molecular weight is 543 g/mol. The van der Waals surface area contributed by atoms with Crippen molar-refractivity contribution in [1.82, 2.24) is 30.1 Å². The minimum absolute atomic E-state index is 0.000233. The number of nitrogens with zero attached hydrogens (tertiary/aromatic N) is 5. The zero-order chi connectivity index (χ0) is 27.4. The van der Waals surface area contributed by atoms with Crippen LogP contribution < -0.4 is 26.7 Å². The second-order valence-electron chi connectivity index (χ2n) is 9.06. The monoisotopic (exact) mass is 542 g/mol. The van der Waals surface area contributed by atoms with Crippen molar-refractivity contribution >= 4 is 46.2 Å². The number of halogens is 1. The maximum atomic E-state index is 13.3. The molecule has 3 aromatic rings. The molecule has 6 N–H and O–H groups in total. The Morgan fingerprint density at radius 2 is 1.95 bits per heavy atom. The zero-order valence-electron chi connectivity index (χ0n) is 21.5. The van der Waals surface area contributed by atoms with Crippen LogP contribution in [0.15, 0.2) is 24.4 Å². The number of hydrogen-bond donors (Lipinski definition) is 4. The smallest absolute Gasteiger partial charge is 0.277 e. The summed E-state index contributed by atoms with van der Waals surface area (Å²) < 4.78 is 4.18. The Morgan fingerprint density at radius 1 is 1.21 bits per heavy atom. The number of anilines is 1. The van der Waals surface area contributed by atoms with Gasteiger partial charge in [-0.25, -0.2) is 19.1 Å². The van der Waals surface area contributed by atoms with Crippen LogP contribution in [-0.4, -0.2) is 62.8 Å². The molecule has 0 atom stereocenters. The van der Waals surface area contributed by atoms with Gasteiger partial charge in [-0.3, -0.25) is 14.4 Å². The number of aryl methyl sites for hydroxylation is 2. The lowest BCUT2D eigenvalue weighted by Gasteiger charge is -2.32. The third kappa shape index (κ3) is 5.55. The summed E-state index contributed by atoms with van der Waals surface area (Å²) in [4.78, 5) is 47.4. The van der Waals surface area contributed by atoms with Gasteiger partial charge < -0.3 is 27.0 Å². The lowest BCUT2D eigenvalue weighted by atomic mass is 10.0. The van der Waals surface area contributed by atoms with Gasteiger partial charge in [0.15, 0.2) is 22.5 Å². The number of fused-ring (bicyclic) bond motifs is 1. The van der Waals surface area contributed by atoms with Gasteiger partial charge in [0, 0.05) is 30.8 Å². The number of aromatic nitrogens is 4. The normalized spacial score (nSPS) is 14.1. The van der Waals surface area contributed by atoms with E-state index in [0.29, 0.717) is 44.6 Å². The molecule has 0 spiro atoms. The van der Waals surface area contributed by atoms with Gasteiger partial charge in [-0.15, -0.1) is 0 Å². The van der Waals surface area contributed by atoms with E-state index in [9.17, 15) is 14.4 Å². The summed E-state index contributed by atoms with van der Waals surface area (Å²) in [6, 6.07) is 5.72. The fraction of sp³-hybridized carbons (Fsp3) is 0.440. The molecule has 3 amide bonds. The second-order valence-corrected chi connectivity index (χ2v) is 9.44. The maximum absolute atomic E-state index is 13.3. The number of benzene rings is 1. The van der Waals surface area contributed by atoms with Crippen LogP contribution in [0, 0.1) is 0 Å². The first kappa shape index (κ1) is 27.3. The van der Waals surface area contributed by atoms with Crippen LogP contribution in [-0.2, 0) is 24.4 Å². The number of nitrogen functional groups attached to an aromatic ring is 1. The highest BCUT2D eigenvalue weighted by atomic mass is 35.5. The van der Waals surface area contributed by atoms with E-state index in [1.807, 2.05) is 36.9 Å². The lowest BCUT2D eigenvalue weighted by molar-refractivity contribution is -0.676. The Bertz CT molecular complexity index is 1370. The number of piperidine rings is 1. The fourth-order valence-electron chi connectivity index (χ4n) is 4.90. The fourth-order valence-corrected chi connectivity index (χ4v) is 5.04. The summed E-state index contributed by atoms with van der Waals surface area (Å²) in [6.07, 6.45) is 2.66. The van der Waals surface area contributed by atoms with Crippen LogP contribution in [0.3, 0.4) is 0 Å². The molecule has 0 saturated carbocycles. The molecule has 1 aliphatic heterocycles. The van der Waals surface area contributed by atoms with Crippen LogP contribution in [0.25, 0.3) is 11.0 Å². The third-order valence-electron chi connectivity index (χ3n) is 6.79. The van der Waals surface area contributed by atoms with Gasteiger partial charge in [0.05, 0.1) is 25.8 Å². The number of amides is 3. The zero-order valence-corrected chi connectivity index (χ0v) is 22.3. The number of hydrogen-bond acceptors (Lipinski definition) is 7. The number of nitrogens with one attached hydrogen (secondary N) is 2. The van der Waals surface area contributed by atoms with E-state index in [0.717, 1.165) is 16.9 Å². The molecule has 0 bridgehead atoms. The molecule has 0 aliphatic carbocycles. The first-order valence-electron chi connectivity index (χ1n) is 12.7. The van der Waals surface area contributed by atoms with Crippen molar-refractivity contribution in [1.29, 1.82) is 0 Å². The molecule has 3 heterocycles. The number of carbonyl (C=O) groups is 3. The molecule has 0 unspecified atom stereocenters. The van der Waals surface area contributed by atoms with E-state index in [4.69, 9.17) is 23.1 Å². The van der Waals surface area contributed by atoms with Gasteiger partial charge >= 0.3 is 0 Å². The molecule has 1 aliphatic rings. The average Bonchev–Trinajstić information content (AvgIpc) is 3.24. The van der Waals surface area contributed by atoms with Crippen molar-refractivity contribution in [3.8, 4) is 0 Å². The standard InChI is InChI=1S/C25H32ClN9O3/c1-3-34-17-6-5-15(25(38)33-9-7-16(8-10-33)31-20(36)12-27)11-18(17)35(4-2)21(34)14-30-24(37)22-23(28)29-13-19(26)32-22/h5-6,11,13,16H,3-4,7-10,12,14,27H2,1-2H3,(H3-,28,29,30,31,36,37)/p+1. The largest absolute Gasteiger partial charge is 0.382 e. The van der Waals surface area contributed by atoms with E-state index >= 15 is 0 Å². The summed E-state index contributed by atoms with van der Waals surface area (Å²) in [5, 5.41) is 5.85. The highest BCUT2D eigenvalue weighted by Gasteiger charge is 2.28. The Hall–Kier alpha value is -3.77. The molecule has 12 nitrogen and oxygen atoms in total. The number of carbonyl (C=O) groups excluding carboxylic acids is 3. The maximum Gasteiger partial charge on any atom is 0.277 e. The summed E-state index contributed by atoms with van der Waals surface area (Å²) in [5.74, 6) is 0.163. The van der Waals surface area contributed by atoms with Crippen LogP contribution in [0.5, 0.6) is 0 Å². The Labute approximate surface area is 225 Å². The highest BCUT2D eigenvalue weighted by molar-refractivity contribution is 6.29. The van der Waals surface area contributed by atoms with Gasteiger partial charge in [0.1, 0.15) is 11.7 Å². The molecular formula is C25H33ClN9O3+. The van der Waals surface area contributed by atoms with Crippen molar-refractivity contribution in [3.63, 3.8) is 0 Å². The molecule has 0 radical (unpaired) electrons. The van der Waals surface area contributed by atoms with Crippen LogP contribution in [0.1, 0.15) is 53.4 Å². The highest BCUT2D eigenvalue weighted by Crippen LogP contribution is 2.21. The number of imidazole rings is 1. The molecule has 13 heteroatoms. The number of likely N-dealkylation sites (tertiary alicyclic amines) is 1. The Morgan fingerprint density at radius 3 is 2.61 bits per heavy atom. The van der Waals surface area contributed by atoms with Gasteiger partial charge in [-0.05, 0) is 38.8 Å². The molecule has 202 valence electrons. The molecule has 38 heavy (non-hydrogen) atoms. The molecule has 2 aromatic heterocycles.